The number of esters is 2. The SMILES string of the molecule is C=CC(=O)OCCOC(=O)C(C)(C)CC(CC)c1ccc(-c2ccc(-c3nnc(-c4ccccc4)o3)cc2)cc1. The Labute approximate surface area is 234 Å². The lowest BCUT2D eigenvalue weighted by Gasteiger charge is -2.28. The quantitative estimate of drug-likeness (QED) is 0.107. The Hall–Kier alpha value is -4.52. The van der Waals surface area contributed by atoms with Crippen LogP contribution < -0.4 is 0 Å². The first-order chi connectivity index (χ1) is 19.3. The maximum atomic E-state index is 12.7. The van der Waals surface area contributed by atoms with Crippen LogP contribution in [0, 0.1) is 5.41 Å². The minimum absolute atomic E-state index is 0.00988. The lowest BCUT2D eigenvalue weighted by molar-refractivity contribution is -0.158. The molecule has 7 nitrogen and oxygen atoms in total. The molecule has 0 radical (unpaired) electrons. The van der Waals surface area contributed by atoms with Gasteiger partial charge in [-0.25, -0.2) is 4.79 Å². The van der Waals surface area contributed by atoms with Crippen LogP contribution in [-0.2, 0) is 19.1 Å². The van der Waals surface area contributed by atoms with Gasteiger partial charge in [-0.2, -0.15) is 0 Å². The highest BCUT2D eigenvalue weighted by Crippen LogP contribution is 2.36. The number of hydrogen-bond acceptors (Lipinski definition) is 7. The summed E-state index contributed by atoms with van der Waals surface area (Å²) >= 11 is 0. The Balaban J connectivity index is 1.37. The number of carbonyl (C=O) groups is 2. The van der Waals surface area contributed by atoms with Crippen LogP contribution in [0.25, 0.3) is 34.0 Å². The summed E-state index contributed by atoms with van der Waals surface area (Å²) in [5.74, 6) is 0.310. The van der Waals surface area contributed by atoms with Crippen LogP contribution in [0.3, 0.4) is 0 Å². The van der Waals surface area contributed by atoms with E-state index in [0.29, 0.717) is 18.2 Å². The van der Waals surface area contributed by atoms with Gasteiger partial charge in [-0.15, -0.1) is 10.2 Å². The Morgan fingerprint density at radius 2 is 1.35 bits per heavy atom. The molecule has 4 rings (SSSR count). The number of aromatic nitrogens is 2. The summed E-state index contributed by atoms with van der Waals surface area (Å²) in [4.78, 5) is 23.8. The average Bonchev–Trinajstić information content (AvgIpc) is 3.49. The van der Waals surface area contributed by atoms with Crippen molar-refractivity contribution in [3.05, 3.63) is 97.1 Å². The summed E-state index contributed by atoms with van der Waals surface area (Å²) in [5.41, 5.74) is 4.39. The fourth-order valence-corrected chi connectivity index (χ4v) is 4.52. The van der Waals surface area contributed by atoms with Gasteiger partial charge in [0.1, 0.15) is 13.2 Å². The van der Waals surface area contributed by atoms with E-state index in [2.05, 4.69) is 48.0 Å². The van der Waals surface area contributed by atoms with Crippen LogP contribution in [0.2, 0.25) is 0 Å². The van der Waals surface area contributed by atoms with Gasteiger partial charge < -0.3 is 13.9 Å². The molecule has 1 heterocycles. The van der Waals surface area contributed by atoms with Crippen molar-refractivity contribution in [1.82, 2.24) is 10.2 Å². The van der Waals surface area contributed by atoms with Crippen LogP contribution in [0.5, 0.6) is 0 Å². The number of carbonyl (C=O) groups excluding carboxylic acids is 2. The fourth-order valence-electron chi connectivity index (χ4n) is 4.52. The van der Waals surface area contributed by atoms with Crippen molar-refractivity contribution < 1.29 is 23.5 Å². The zero-order valence-electron chi connectivity index (χ0n) is 23.1. The average molecular weight is 539 g/mol. The van der Waals surface area contributed by atoms with Crippen LogP contribution in [0.1, 0.15) is 45.1 Å². The van der Waals surface area contributed by atoms with E-state index in [-0.39, 0.29) is 25.1 Å². The molecule has 0 spiro atoms. The molecule has 0 saturated heterocycles. The van der Waals surface area contributed by atoms with Gasteiger partial charge in [-0.05, 0) is 73.6 Å². The summed E-state index contributed by atoms with van der Waals surface area (Å²) in [6.07, 6.45) is 2.60. The van der Waals surface area contributed by atoms with E-state index in [9.17, 15) is 9.59 Å². The van der Waals surface area contributed by atoms with E-state index in [1.54, 1.807) is 0 Å². The highest BCUT2D eigenvalue weighted by atomic mass is 16.6. The minimum Gasteiger partial charge on any atom is -0.462 e. The van der Waals surface area contributed by atoms with Crippen molar-refractivity contribution in [2.75, 3.05) is 13.2 Å². The summed E-state index contributed by atoms with van der Waals surface area (Å²) in [7, 11) is 0. The first-order valence-electron chi connectivity index (χ1n) is 13.4. The second kappa shape index (κ2) is 13.0. The second-order valence-electron chi connectivity index (χ2n) is 10.2. The number of hydrogen-bond donors (Lipinski definition) is 0. The monoisotopic (exact) mass is 538 g/mol. The van der Waals surface area contributed by atoms with Gasteiger partial charge in [0.25, 0.3) is 0 Å². The summed E-state index contributed by atoms with van der Waals surface area (Å²) in [6.45, 7) is 9.26. The molecule has 0 amide bonds. The van der Waals surface area contributed by atoms with E-state index in [1.165, 1.54) is 5.56 Å². The van der Waals surface area contributed by atoms with E-state index >= 15 is 0 Å². The summed E-state index contributed by atoms with van der Waals surface area (Å²) in [5, 5.41) is 8.38. The van der Waals surface area contributed by atoms with Gasteiger partial charge in [0.2, 0.25) is 11.8 Å². The molecule has 206 valence electrons. The molecule has 0 fully saturated rings. The topological polar surface area (TPSA) is 91.5 Å². The Bertz CT molecular complexity index is 1420. The van der Waals surface area contributed by atoms with Crippen molar-refractivity contribution in [3.63, 3.8) is 0 Å². The molecule has 3 aromatic carbocycles. The van der Waals surface area contributed by atoms with Crippen molar-refractivity contribution in [1.29, 1.82) is 0 Å². The molecule has 0 aliphatic carbocycles. The van der Waals surface area contributed by atoms with Crippen LogP contribution >= 0.6 is 0 Å². The van der Waals surface area contributed by atoms with Gasteiger partial charge in [0.05, 0.1) is 5.41 Å². The maximum absolute atomic E-state index is 12.7. The molecular weight excluding hydrogens is 504 g/mol. The van der Waals surface area contributed by atoms with Crippen molar-refractivity contribution in [2.24, 2.45) is 5.41 Å². The highest BCUT2D eigenvalue weighted by Gasteiger charge is 2.32. The van der Waals surface area contributed by atoms with Crippen molar-refractivity contribution in [3.8, 4) is 34.0 Å². The van der Waals surface area contributed by atoms with Gasteiger partial charge in [-0.1, -0.05) is 68.1 Å². The van der Waals surface area contributed by atoms with Crippen LogP contribution in [0.15, 0.2) is 95.9 Å². The normalized spacial score (nSPS) is 12.0. The minimum atomic E-state index is -0.688. The predicted octanol–water partition coefficient (Wildman–Crippen LogP) is 7.25. The first-order valence-corrected chi connectivity index (χ1v) is 13.4. The van der Waals surface area contributed by atoms with Gasteiger partial charge in [0.15, 0.2) is 0 Å². The standard InChI is InChI=1S/C33H34N2O5/c1-5-23(22-33(3,4)32(37)39-21-20-38-29(36)6-2)24-12-14-25(15-13-24)26-16-18-28(19-17-26)31-35-34-30(40-31)27-10-8-7-9-11-27/h6-19,23H,2,5,20-22H2,1,3-4H3. The molecule has 0 bridgehead atoms. The third-order valence-corrected chi connectivity index (χ3v) is 6.82. The first kappa shape index (κ1) is 28.5. The number of ether oxygens (including phenoxy) is 2. The molecule has 0 aliphatic rings. The van der Waals surface area contributed by atoms with Crippen LogP contribution in [-0.4, -0.2) is 35.3 Å². The Kier molecular flexibility index (Phi) is 9.27. The third kappa shape index (κ3) is 7.11. The summed E-state index contributed by atoms with van der Waals surface area (Å²) < 4.78 is 16.1. The van der Waals surface area contributed by atoms with E-state index in [0.717, 1.165) is 34.8 Å². The van der Waals surface area contributed by atoms with Crippen molar-refractivity contribution >= 4 is 11.9 Å². The summed E-state index contributed by atoms with van der Waals surface area (Å²) in [6, 6.07) is 26.2. The van der Waals surface area contributed by atoms with E-state index < -0.39 is 11.4 Å². The molecule has 1 unspecified atom stereocenters. The molecular formula is C33H34N2O5. The molecule has 40 heavy (non-hydrogen) atoms. The lowest BCUT2D eigenvalue weighted by atomic mass is 9.78. The lowest BCUT2D eigenvalue weighted by Crippen LogP contribution is -2.30. The van der Waals surface area contributed by atoms with Gasteiger partial charge >= 0.3 is 11.9 Å². The molecule has 0 N–H and O–H groups in total. The zero-order valence-corrected chi connectivity index (χ0v) is 23.1. The number of nitrogens with zero attached hydrogens (tertiary/aromatic N) is 2. The molecule has 1 aromatic heterocycles. The smallest absolute Gasteiger partial charge is 0.330 e. The van der Waals surface area contributed by atoms with Crippen molar-refractivity contribution in [2.45, 2.75) is 39.5 Å². The number of rotatable bonds is 12. The Morgan fingerprint density at radius 1 is 0.825 bits per heavy atom. The molecule has 7 heteroatoms. The van der Waals surface area contributed by atoms with E-state index in [4.69, 9.17) is 13.9 Å². The highest BCUT2D eigenvalue weighted by molar-refractivity contribution is 5.81. The third-order valence-electron chi connectivity index (χ3n) is 6.82. The van der Waals surface area contributed by atoms with Gasteiger partial charge in [0, 0.05) is 17.2 Å². The molecule has 0 saturated carbocycles. The second-order valence-corrected chi connectivity index (χ2v) is 10.2. The molecule has 1 atom stereocenters. The predicted molar refractivity (Wildman–Crippen MR) is 154 cm³/mol. The molecule has 0 aliphatic heterocycles. The zero-order chi connectivity index (χ0) is 28.5. The largest absolute Gasteiger partial charge is 0.462 e. The maximum Gasteiger partial charge on any atom is 0.330 e. The molecule has 4 aromatic rings. The Morgan fingerprint density at radius 3 is 1.93 bits per heavy atom. The van der Waals surface area contributed by atoms with E-state index in [1.807, 2.05) is 68.4 Å². The van der Waals surface area contributed by atoms with Gasteiger partial charge in [-0.3, -0.25) is 4.79 Å². The van der Waals surface area contributed by atoms with Crippen LogP contribution in [0.4, 0.5) is 0 Å². The number of benzene rings is 3. The fraction of sp³-hybridized carbons (Fsp3) is 0.273.